The Kier molecular flexibility index (Phi) is 6.28. The van der Waals surface area contributed by atoms with Crippen LogP contribution in [0.25, 0.3) is 22.1 Å². The first-order valence-electron chi connectivity index (χ1n) is 11.7. The standard InChI is InChI=1S/C25H26N6OS2/c1-4-19(23(32)28-24-17(13-26)15-9-6-8-12-20(15)33-24)34-25-27-22-21(29-30-25)16-10-5-7-11-18(16)31(22)14(2)3/h5,7,10-11,14,19H,4,6,8-9,12H2,1-3H3,(H,28,32). The zero-order valence-corrected chi connectivity index (χ0v) is 21.1. The van der Waals surface area contributed by atoms with Crippen molar-refractivity contribution in [2.24, 2.45) is 0 Å². The lowest BCUT2D eigenvalue weighted by Gasteiger charge is -2.14. The molecule has 0 spiro atoms. The maximum atomic E-state index is 13.2. The number of nitriles is 1. The summed E-state index contributed by atoms with van der Waals surface area (Å²) in [6, 6.07) is 10.6. The molecule has 1 amide bonds. The fourth-order valence-electron chi connectivity index (χ4n) is 4.63. The van der Waals surface area contributed by atoms with Gasteiger partial charge in [0, 0.05) is 16.3 Å². The Morgan fingerprint density at radius 2 is 2.06 bits per heavy atom. The van der Waals surface area contributed by atoms with E-state index in [9.17, 15) is 10.1 Å². The van der Waals surface area contributed by atoms with Crippen molar-refractivity contribution in [3.8, 4) is 6.07 Å². The number of aromatic nitrogens is 4. The molecule has 1 unspecified atom stereocenters. The number of rotatable bonds is 6. The second-order valence-corrected chi connectivity index (χ2v) is 11.1. The molecule has 4 aromatic rings. The average molecular weight is 491 g/mol. The van der Waals surface area contributed by atoms with E-state index in [1.165, 1.54) is 16.6 Å². The summed E-state index contributed by atoms with van der Waals surface area (Å²) < 4.78 is 2.17. The molecular formula is C25H26N6OS2. The Labute approximate surface area is 206 Å². The Hall–Kier alpha value is -2.96. The number of amides is 1. The van der Waals surface area contributed by atoms with Gasteiger partial charge in [-0.15, -0.1) is 21.5 Å². The van der Waals surface area contributed by atoms with E-state index in [1.807, 2.05) is 25.1 Å². The normalized spacial score (nSPS) is 14.3. The molecule has 3 aromatic heterocycles. The fourth-order valence-corrected chi connectivity index (χ4v) is 6.69. The van der Waals surface area contributed by atoms with Crippen molar-refractivity contribution in [2.75, 3.05) is 5.32 Å². The van der Waals surface area contributed by atoms with E-state index in [2.05, 4.69) is 46.1 Å². The number of carbonyl (C=O) groups is 1. The summed E-state index contributed by atoms with van der Waals surface area (Å²) in [5.74, 6) is -0.129. The van der Waals surface area contributed by atoms with Crippen molar-refractivity contribution in [1.29, 1.82) is 5.26 Å². The van der Waals surface area contributed by atoms with Crippen LogP contribution in [0.1, 0.15) is 62.1 Å². The average Bonchev–Trinajstić information content (AvgIpc) is 3.36. The summed E-state index contributed by atoms with van der Waals surface area (Å²) in [6.45, 7) is 6.21. The second kappa shape index (κ2) is 9.35. The number of hydrogen-bond acceptors (Lipinski definition) is 7. The number of thiophene rings is 1. The van der Waals surface area contributed by atoms with Gasteiger partial charge < -0.3 is 9.88 Å². The highest BCUT2D eigenvalue weighted by Gasteiger charge is 2.26. The highest BCUT2D eigenvalue weighted by atomic mass is 32.2. The molecule has 1 aliphatic carbocycles. The molecule has 1 aliphatic rings. The van der Waals surface area contributed by atoms with Crippen LogP contribution in [0.4, 0.5) is 5.00 Å². The number of thioether (sulfide) groups is 1. The fraction of sp³-hybridized carbons (Fsp3) is 0.400. The van der Waals surface area contributed by atoms with E-state index >= 15 is 0 Å². The summed E-state index contributed by atoms with van der Waals surface area (Å²) in [6.07, 6.45) is 4.75. The molecule has 0 fully saturated rings. The molecule has 0 saturated heterocycles. The number of nitrogens with zero attached hydrogens (tertiary/aromatic N) is 5. The number of fused-ring (bicyclic) bond motifs is 4. The highest BCUT2D eigenvalue weighted by molar-refractivity contribution is 8.00. The molecule has 9 heteroatoms. The van der Waals surface area contributed by atoms with Crippen LogP contribution in [-0.4, -0.2) is 30.9 Å². The van der Waals surface area contributed by atoms with Gasteiger partial charge in [0.1, 0.15) is 16.6 Å². The van der Waals surface area contributed by atoms with Gasteiger partial charge in [0.05, 0.1) is 16.3 Å². The Morgan fingerprint density at radius 1 is 1.26 bits per heavy atom. The van der Waals surface area contributed by atoms with E-state index in [4.69, 9.17) is 4.98 Å². The van der Waals surface area contributed by atoms with Gasteiger partial charge in [0.15, 0.2) is 5.65 Å². The molecular weight excluding hydrogens is 464 g/mol. The van der Waals surface area contributed by atoms with Gasteiger partial charge >= 0.3 is 0 Å². The van der Waals surface area contributed by atoms with E-state index < -0.39 is 0 Å². The summed E-state index contributed by atoms with van der Waals surface area (Å²) in [5, 5.41) is 23.4. The molecule has 3 heterocycles. The third-order valence-electron chi connectivity index (χ3n) is 6.24. The zero-order valence-electron chi connectivity index (χ0n) is 19.5. The summed E-state index contributed by atoms with van der Waals surface area (Å²) in [5.41, 5.74) is 4.38. The summed E-state index contributed by atoms with van der Waals surface area (Å²) in [7, 11) is 0. The minimum Gasteiger partial charge on any atom is -0.321 e. The number of aryl methyl sites for hydroxylation is 1. The SMILES string of the molecule is CCC(Sc1nnc2c3ccccc3n(C(C)C)c2n1)C(=O)Nc1sc2c(c1C#N)CCCC2. The first-order valence-corrected chi connectivity index (χ1v) is 13.4. The molecule has 7 nitrogen and oxygen atoms in total. The Bertz CT molecular complexity index is 1430. The summed E-state index contributed by atoms with van der Waals surface area (Å²) >= 11 is 2.87. The molecule has 5 rings (SSSR count). The van der Waals surface area contributed by atoms with Crippen LogP contribution < -0.4 is 5.32 Å². The molecule has 0 aliphatic heterocycles. The lowest BCUT2D eigenvalue weighted by molar-refractivity contribution is -0.115. The molecule has 0 radical (unpaired) electrons. The van der Waals surface area contributed by atoms with E-state index in [1.54, 1.807) is 11.3 Å². The van der Waals surface area contributed by atoms with Crippen molar-refractivity contribution in [1.82, 2.24) is 19.7 Å². The molecule has 0 saturated carbocycles. The number of hydrogen-bond donors (Lipinski definition) is 1. The van der Waals surface area contributed by atoms with Gasteiger partial charge in [-0.3, -0.25) is 4.79 Å². The smallest absolute Gasteiger partial charge is 0.238 e. The van der Waals surface area contributed by atoms with Crippen molar-refractivity contribution >= 4 is 56.1 Å². The van der Waals surface area contributed by atoms with Crippen LogP contribution in [0.15, 0.2) is 29.4 Å². The van der Waals surface area contributed by atoms with Crippen LogP contribution in [0, 0.1) is 11.3 Å². The van der Waals surface area contributed by atoms with Gasteiger partial charge in [0.25, 0.3) is 0 Å². The Morgan fingerprint density at radius 3 is 2.82 bits per heavy atom. The minimum absolute atomic E-state index is 0.129. The third kappa shape index (κ3) is 3.95. The van der Waals surface area contributed by atoms with Gasteiger partial charge in [-0.05, 0) is 57.6 Å². The third-order valence-corrected chi connectivity index (χ3v) is 8.67. The predicted octanol–water partition coefficient (Wildman–Crippen LogP) is 5.88. The van der Waals surface area contributed by atoms with Crippen LogP contribution in [-0.2, 0) is 17.6 Å². The van der Waals surface area contributed by atoms with E-state index in [0.717, 1.165) is 53.3 Å². The van der Waals surface area contributed by atoms with Crippen LogP contribution in [0.5, 0.6) is 0 Å². The molecule has 34 heavy (non-hydrogen) atoms. The van der Waals surface area contributed by atoms with Gasteiger partial charge in [-0.1, -0.05) is 36.9 Å². The van der Waals surface area contributed by atoms with Gasteiger partial charge in [-0.2, -0.15) is 5.26 Å². The molecule has 1 atom stereocenters. The Balaban J connectivity index is 1.43. The summed E-state index contributed by atoms with van der Waals surface area (Å²) in [4.78, 5) is 19.2. The predicted molar refractivity (Wildman–Crippen MR) is 137 cm³/mol. The zero-order chi connectivity index (χ0) is 23.8. The van der Waals surface area contributed by atoms with E-state index in [-0.39, 0.29) is 17.2 Å². The highest BCUT2D eigenvalue weighted by Crippen LogP contribution is 2.38. The number of carbonyl (C=O) groups excluding carboxylic acids is 1. The van der Waals surface area contributed by atoms with Crippen molar-refractivity contribution in [3.63, 3.8) is 0 Å². The van der Waals surface area contributed by atoms with Crippen molar-refractivity contribution < 1.29 is 4.79 Å². The van der Waals surface area contributed by atoms with Crippen LogP contribution in [0.3, 0.4) is 0 Å². The number of para-hydroxylation sites is 1. The first kappa shape index (κ1) is 22.8. The minimum atomic E-state index is -0.387. The largest absolute Gasteiger partial charge is 0.321 e. The van der Waals surface area contributed by atoms with E-state index in [0.29, 0.717) is 22.1 Å². The maximum absolute atomic E-state index is 13.2. The van der Waals surface area contributed by atoms with Gasteiger partial charge in [0.2, 0.25) is 11.1 Å². The molecule has 1 N–H and O–H groups in total. The lowest BCUT2D eigenvalue weighted by atomic mass is 9.96. The number of nitrogens with one attached hydrogen (secondary N) is 1. The molecule has 174 valence electrons. The monoisotopic (exact) mass is 490 g/mol. The second-order valence-electron chi connectivity index (χ2n) is 8.78. The molecule has 0 bridgehead atoms. The molecule has 1 aromatic carbocycles. The van der Waals surface area contributed by atoms with Crippen LogP contribution >= 0.6 is 23.1 Å². The van der Waals surface area contributed by atoms with Crippen molar-refractivity contribution in [2.45, 2.75) is 69.3 Å². The quantitative estimate of drug-likeness (QED) is 0.339. The number of anilines is 1. The maximum Gasteiger partial charge on any atom is 0.238 e. The van der Waals surface area contributed by atoms with Crippen molar-refractivity contribution in [3.05, 3.63) is 40.3 Å². The topological polar surface area (TPSA) is 96.5 Å². The van der Waals surface area contributed by atoms with Crippen LogP contribution in [0.2, 0.25) is 0 Å². The van der Waals surface area contributed by atoms with Gasteiger partial charge in [-0.25, -0.2) is 4.98 Å². The first-order chi connectivity index (χ1) is 16.5. The number of benzene rings is 1. The lowest BCUT2D eigenvalue weighted by Crippen LogP contribution is -2.25.